The van der Waals surface area contributed by atoms with E-state index >= 15 is 0 Å². The number of methoxy groups -OCH3 is 1. The molecule has 2 fully saturated rings. The van der Waals surface area contributed by atoms with Gasteiger partial charge in [0.15, 0.2) is 0 Å². The second-order valence-corrected chi connectivity index (χ2v) is 8.06. The molecule has 0 spiro atoms. The lowest BCUT2D eigenvalue weighted by atomic mass is 9.88. The Balaban J connectivity index is 1.82. The number of likely N-dealkylation sites (tertiary alicyclic amines) is 1. The number of carbonyl (C=O) groups is 2. The van der Waals surface area contributed by atoms with E-state index in [0.717, 1.165) is 18.4 Å². The normalized spacial score (nSPS) is 27.6. The largest absolute Gasteiger partial charge is 0.469 e. The van der Waals surface area contributed by atoms with Gasteiger partial charge in [-0.25, -0.2) is 4.79 Å². The maximum absolute atomic E-state index is 12.8. The van der Waals surface area contributed by atoms with E-state index in [9.17, 15) is 9.59 Å². The van der Waals surface area contributed by atoms with Crippen LogP contribution in [0.5, 0.6) is 0 Å². The zero-order valence-electron chi connectivity index (χ0n) is 15.4. The number of esters is 1. The molecule has 0 bridgehead atoms. The van der Waals surface area contributed by atoms with Gasteiger partial charge in [0.05, 0.1) is 13.5 Å². The molecule has 136 valence electrons. The van der Waals surface area contributed by atoms with Crippen molar-refractivity contribution < 1.29 is 19.1 Å². The van der Waals surface area contributed by atoms with Gasteiger partial charge in [-0.05, 0) is 51.0 Å². The van der Waals surface area contributed by atoms with Gasteiger partial charge in [0.2, 0.25) is 0 Å². The number of nitrogens with zero attached hydrogens (tertiary/aromatic N) is 1. The quantitative estimate of drug-likeness (QED) is 0.785. The SMILES string of the molecule is COC(=O)C[C@@H]1[C@H]2C[C@H]2N(C(=O)OC(C)(C)C)[C@H]1Cc1ccccc1. The third kappa shape index (κ3) is 3.97. The zero-order chi connectivity index (χ0) is 18.2. The molecule has 1 heterocycles. The van der Waals surface area contributed by atoms with E-state index in [1.54, 1.807) is 0 Å². The molecule has 25 heavy (non-hydrogen) atoms. The number of rotatable bonds is 4. The van der Waals surface area contributed by atoms with Crippen molar-refractivity contribution in [3.63, 3.8) is 0 Å². The smallest absolute Gasteiger partial charge is 0.410 e. The van der Waals surface area contributed by atoms with Gasteiger partial charge in [-0.2, -0.15) is 0 Å². The molecule has 5 nitrogen and oxygen atoms in total. The number of hydrogen-bond acceptors (Lipinski definition) is 4. The molecule has 1 saturated carbocycles. The Bertz CT molecular complexity index is 637. The first-order valence-electron chi connectivity index (χ1n) is 8.92. The molecule has 0 N–H and O–H groups in total. The maximum atomic E-state index is 12.8. The first-order chi connectivity index (χ1) is 11.8. The van der Waals surface area contributed by atoms with E-state index in [4.69, 9.17) is 9.47 Å². The van der Waals surface area contributed by atoms with Crippen LogP contribution in [0.3, 0.4) is 0 Å². The summed E-state index contributed by atoms with van der Waals surface area (Å²) in [5.41, 5.74) is 0.636. The minimum Gasteiger partial charge on any atom is -0.469 e. The van der Waals surface area contributed by atoms with Crippen LogP contribution >= 0.6 is 0 Å². The summed E-state index contributed by atoms with van der Waals surface area (Å²) < 4.78 is 10.5. The number of ether oxygens (including phenoxy) is 2. The zero-order valence-corrected chi connectivity index (χ0v) is 15.4. The molecule has 0 aromatic heterocycles. The van der Waals surface area contributed by atoms with Crippen LogP contribution < -0.4 is 0 Å². The summed E-state index contributed by atoms with van der Waals surface area (Å²) in [6.45, 7) is 5.64. The van der Waals surface area contributed by atoms with E-state index in [0.29, 0.717) is 12.3 Å². The van der Waals surface area contributed by atoms with Crippen molar-refractivity contribution >= 4 is 12.1 Å². The Morgan fingerprint density at radius 3 is 2.48 bits per heavy atom. The third-order valence-corrected chi connectivity index (χ3v) is 5.09. The van der Waals surface area contributed by atoms with E-state index in [-0.39, 0.29) is 30.1 Å². The molecule has 1 aliphatic heterocycles. The highest BCUT2D eigenvalue weighted by molar-refractivity contribution is 5.73. The van der Waals surface area contributed by atoms with Crippen molar-refractivity contribution in [1.29, 1.82) is 0 Å². The van der Waals surface area contributed by atoms with Gasteiger partial charge >= 0.3 is 12.1 Å². The molecule has 0 unspecified atom stereocenters. The molecule has 1 aliphatic carbocycles. The number of carbonyl (C=O) groups excluding carboxylic acids is 2. The fourth-order valence-corrected chi connectivity index (χ4v) is 3.97. The van der Waals surface area contributed by atoms with Crippen LogP contribution in [0.4, 0.5) is 4.79 Å². The summed E-state index contributed by atoms with van der Waals surface area (Å²) in [4.78, 5) is 26.6. The van der Waals surface area contributed by atoms with Crippen LogP contribution in [0, 0.1) is 11.8 Å². The van der Waals surface area contributed by atoms with Crippen LogP contribution in [0.1, 0.15) is 39.2 Å². The summed E-state index contributed by atoms with van der Waals surface area (Å²) in [6, 6.07) is 10.3. The number of hydrogen-bond donors (Lipinski definition) is 0. The van der Waals surface area contributed by atoms with E-state index < -0.39 is 5.60 Å². The molecular weight excluding hydrogens is 318 g/mol. The van der Waals surface area contributed by atoms with Gasteiger partial charge in [0, 0.05) is 12.1 Å². The standard InChI is InChI=1S/C20H27NO4/c1-20(2,3)25-19(23)21-16(10-13-8-6-5-7-9-13)15(12-18(22)24-4)14-11-17(14)21/h5-9,14-17H,10-12H2,1-4H3/t14-,15-,16+,17-/m1/s1. The lowest BCUT2D eigenvalue weighted by Crippen LogP contribution is -2.45. The highest BCUT2D eigenvalue weighted by atomic mass is 16.6. The average molecular weight is 345 g/mol. The molecule has 2 aliphatic rings. The Morgan fingerprint density at radius 2 is 1.88 bits per heavy atom. The van der Waals surface area contributed by atoms with Gasteiger partial charge in [-0.1, -0.05) is 30.3 Å². The van der Waals surface area contributed by atoms with Crippen molar-refractivity contribution in [3.8, 4) is 0 Å². The Morgan fingerprint density at radius 1 is 1.20 bits per heavy atom. The summed E-state index contributed by atoms with van der Waals surface area (Å²) in [5.74, 6) is 0.297. The summed E-state index contributed by atoms with van der Waals surface area (Å²) >= 11 is 0. The van der Waals surface area contributed by atoms with Crippen LogP contribution in [-0.4, -0.2) is 41.8 Å². The molecule has 1 aromatic carbocycles. The Labute approximate surface area is 149 Å². The molecule has 1 amide bonds. The first-order valence-corrected chi connectivity index (χ1v) is 8.92. The van der Waals surface area contributed by atoms with Crippen molar-refractivity contribution in [3.05, 3.63) is 35.9 Å². The van der Waals surface area contributed by atoms with Crippen molar-refractivity contribution in [2.24, 2.45) is 11.8 Å². The predicted molar refractivity (Wildman–Crippen MR) is 94.0 cm³/mol. The lowest BCUT2D eigenvalue weighted by Gasteiger charge is -2.33. The van der Waals surface area contributed by atoms with Gasteiger partial charge < -0.3 is 14.4 Å². The fraction of sp³-hybridized carbons (Fsp3) is 0.600. The summed E-state index contributed by atoms with van der Waals surface area (Å²) in [7, 11) is 1.42. The average Bonchev–Trinajstić information content (AvgIpc) is 3.25. The molecule has 1 aromatic rings. The van der Waals surface area contributed by atoms with Gasteiger partial charge in [0.1, 0.15) is 5.60 Å². The Hall–Kier alpha value is -2.04. The monoisotopic (exact) mass is 345 g/mol. The van der Waals surface area contributed by atoms with E-state index in [1.807, 2.05) is 43.9 Å². The molecule has 3 rings (SSSR count). The van der Waals surface area contributed by atoms with Gasteiger partial charge in [-0.3, -0.25) is 4.79 Å². The molecular formula is C20H27NO4. The van der Waals surface area contributed by atoms with Crippen LogP contribution in [-0.2, 0) is 20.7 Å². The van der Waals surface area contributed by atoms with Crippen molar-refractivity contribution in [2.75, 3.05) is 7.11 Å². The predicted octanol–water partition coefficient (Wildman–Crippen LogP) is 3.42. The van der Waals surface area contributed by atoms with Crippen LogP contribution in [0.2, 0.25) is 0 Å². The van der Waals surface area contributed by atoms with Crippen molar-refractivity contribution in [1.82, 2.24) is 4.90 Å². The lowest BCUT2D eigenvalue weighted by molar-refractivity contribution is -0.142. The number of fused-ring (bicyclic) bond motifs is 1. The van der Waals surface area contributed by atoms with Crippen LogP contribution in [0.15, 0.2) is 30.3 Å². The van der Waals surface area contributed by atoms with Gasteiger partial charge in [0.25, 0.3) is 0 Å². The Kier molecular flexibility index (Phi) is 4.76. The maximum Gasteiger partial charge on any atom is 0.410 e. The minimum absolute atomic E-state index is 0.0277. The van der Waals surface area contributed by atoms with Gasteiger partial charge in [-0.15, -0.1) is 0 Å². The molecule has 5 heteroatoms. The molecule has 4 atom stereocenters. The summed E-state index contributed by atoms with van der Waals surface area (Å²) in [5, 5.41) is 0. The second kappa shape index (κ2) is 6.70. The number of benzene rings is 1. The number of piperidine rings is 1. The topological polar surface area (TPSA) is 55.8 Å². The molecule has 0 radical (unpaired) electrons. The minimum atomic E-state index is -0.529. The van der Waals surface area contributed by atoms with Crippen LogP contribution in [0.25, 0.3) is 0 Å². The second-order valence-electron chi connectivity index (χ2n) is 8.06. The fourth-order valence-electron chi connectivity index (χ4n) is 3.97. The van der Waals surface area contributed by atoms with E-state index in [1.165, 1.54) is 7.11 Å². The highest BCUT2D eigenvalue weighted by Gasteiger charge is 2.61. The third-order valence-electron chi connectivity index (χ3n) is 5.09. The number of amides is 1. The first kappa shape index (κ1) is 17.8. The van der Waals surface area contributed by atoms with E-state index in [2.05, 4.69) is 12.1 Å². The van der Waals surface area contributed by atoms with Crippen molar-refractivity contribution in [2.45, 2.75) is 57.7 Å². The highest BCUT2D eigenvalue weighted by Crippen LogP contribution is 2.54. The summed E-state index contributed by atoms with van der Waals surface area (Å²) in [6.07, 6.45) is 1.77. The molecule has 1 saturated heterocycles.